The molecule has 0 saturated heterocycles. The lowest BCUT2D eigenvalue weighted by atomic mass is 10.2. The number of nitrogens with one attached hydrogen (secondary N) is 3. The molecule has 0 aliphatic rings. The van der Waals surface area contributed by atoms with Crippen LogP contribution >= 0.6 is 0 Å². The molecule has 138 valence electrons. The van der Waals surface area contributed by atoms with Crippen LogP contribution in [0.4, 0.5) is 17.1 Å². The van der Waals surface area contributed by atoms with E-state index in [1.165, 1.54) is 6.92 Å². The van der Waals surface area contributed by atoms with Crippen molar-refractivity contribution >= 4 is 28.9 Å². The maximum absolute atomic E-state index is 12.1. The van der Waals surface area contributed by atoms with Crippen LogP contribution < -0.4 is 25.4 Å². The fraction of sp³-hybridized carbons (Fsp3) is 0.263. The van der Waals surface area contributed by atoms with E-state index in [2.05, 4.69) is 16.0 Å². The molecule has 0 aliphatic carbocycles. The normalized spacial score (nSPS) is 9.96. The third-order valence-electron chi connectivity index (χ3n) is 3.55. The van der Waals surface area contributed by atoms with Gasteiger partial charge in [-0.3, -0.25) is 9.59 Å². The zero-order valence-corrected chi connectivity index (χ0v) is 15.1. The molecule has 3 N–H and O–H groups in total. The third kappa shape index (κ3) is 5.70. The molecule has 0 atom stereocenters. The largest absolute Gasteiger partial charge is 0.493 e. The van der Waals surface area contributed by atoms with Gasteiger partial charge in [0.15, 0.2) is 11.5 Å². The van der Waals surface area contributed by atoms with Gasteiger partial charge >= 0.3 is 0 Å². The molecule has 2 aromatic carbocycles. The Morgan fingerprint density at radius 2 is 1.46 bits per heavy atom. The van der Waals surface area contributed by atoms with E-state index >= 15 is 0 Å². The molecule has 0 radical (unpaired) electrons. The fourth-order valence-corrected chi connectivity index (χ4v) is 2.33. The monoisotopic (exact) mass is 357 g/mol. The van der Waals surface area contributed by atoms with Gasteiger partial charge in [-0.15, -0.1) is 0 Å². The van der Waals surface area contributed by atoms with E-state index in [0.29, 0.717) is 30.2 Å². The highest BCUT2D eigenvalue weighted by atomic mass is 16.5. The van der Waals surface area contributed by atoms with Crippen molar-refractivity contribution in [2.75, 3.05) is 36.7 Å². The van der Waals surface area contributed by atoms with Crippen LogP contribution in [0.2, 0.25) is 0 Å². The van der Waals surface area contributed by atoms with Crippen molar-refractivity contribution in [1.82, 2.24) is 0 Å². The number of carbonyl (C=O) groups excluding carboxylic acids is 2. The summed E-state index contributed by atoms with van der Waals surface area (Å²) in [4.78, 5) is 23.0. The molecule has 0 heterocycles. The van der Waals surface area contributed by atoms with Crippen LogP contribution in [-0.2, 0) is 9.59 Å². The lowest BCUT2D eigenvalue weighted by Gasteiger charge is -2.11. The quantitative estimate of drug-likeness (QED) is 0.676. The summed E-state index contributed by atoms with van der Waals surface area (Å²) < 4.78 is 10.4. The van der Waals surface area contributed by atoms with E-state index in [4.69, 9.17) is 9.47 Å². The van der Waals surface area contributed by atoms with Gasteiger partial charge < -0.3 is 25.4 Å². The maximum Gasteiger partial charge on any atom is 0.226 e. The summed E-state index contributed by atoms with van der Waals surface area (Å²) in [5, 5.41) is 8.69. The first-order valence-electron chi connectivity index (χ1n) is 8.15. The van der Waals surface area contributed by atoms with Gasteiger partial charge in [0.25, 0.3) is 0 Å². The van der Waals surface area contributed by atoms with Crippen LogP contribution in [-0.4, -0.2) is 32.6 Å². The summed E-state index contributed by atoms with van der Waals surface area (Å²) in [7, 11) is 3.11. The molecule has 0 fully saturated rings. The Morgan fingerprint density at radius 1 is 0.846 bits per heavy atom. The fourth-order valence-electron chi connectivity index (χ4n) is 2.33. The van der Waals surface area contributed by atoms with Crippen LogP contribution in [0, 0.1) is 0 Å². The highest BCUT2D eigenvalue weighted by molar-refractivity contribution is 5.91. The van der Waals surface area contributed by atoms with Crippen molar-refractivity contribution in [2.24, 2.45) is 0 Å². The molecule has 0 bridgehead atoms. The number of benzene rings is 2. The van der Waals surface area contributed by atoms with Crippen LogP contribution in [0.15, 0.2) is 42.5 Å². The summed E-state index contributed by atoms with van der Waals surface area (Å²) >= 11 is 0. The van der Waals surface area contributed by atoms with Gasteiger partial charge in [-0.1, -0.05) is 0 Å². The van der Waals surface area contributed by atoms with E-state index in [1.54, 1.807) is 44.6 Å². The Labute approximate surface area is 152 Å². The smallest absolute Gasteiger partial charge is 0.226 e. The average molecular weight is 357 g/mol. The third-order valence-corrected chi connectivity index (χ3v) is 3.55. The second-order valence-electron chi connectivity index (χ2n) is 5.55. The van der Waals surface area contributed by atoms with E-state index in [-0.39, 0.29) is 11.8 Å². The predicted octanol–water partition coefficient (Wildman–Crippen LogP) is 3.10. The minimum absolute atomic E-state index is 0.111. The summed E-state index contributed by atoms with van der Waals surface area (Å²) in [5.41, 5.74) is 2.25. The van der Waals surface area contributed by atoms with Gasteiger partial charge in [-0.25, -0.2) is 0 Å². The van der Waals surface area contributed by atoms with Gasteiger partial charge in [0.05, 0.1) is 14.2 Å². The molecule has 0 aliphatic heterocycles. The zero-order valence-electron chi connectivity index (χ0n) is 15.1. The highest BCUT2D eigenvalue weighted by Crippen LogP contribution is 2.29. The van der Waals surface area contributed by atoms with Crippen LogP contribution in [0.1, 0.15) is 13.3 Å². The Balaban J connectivity index is 1.81. The SMILES string of the molecule is COc1ccc(NC(=O)CCNc2ccc(NC(C)=O)cc2)cc1OC. The van der Waals surface area contributed by atoms with Crippen molar-refractivity contribution in [3.63, 3.8) is 0 Å². The molecule has 2 rings (SSSR count). The number of methoxy groups -OCH3 is 2. The van der Waals surface area contributed by atoms with E-state index in [0.717, 1.165) is 11.4 Å². The molecule has 7 nitrogen and oxygen atoms in total. The second kappa shape index (κ2) is 9.31. The average Bonchev–Trinajstić information content (AvgIpc) is 2.62. The molecule has 0 saturated carbocycles. The topological polar surface area (TPSA) is 88.7 Å². The molecule has 2 aromatic rings. The first-order valence-corrected chi connectivity index (χ1v) is 8.15. The number of hydrogen-bond donors (Lipinski definition) is 3. The lowest BCUT2D eigenvalue weighted by molar-refractivity contribution is -0.116. The number of rotatable bonds is 8. The molecular weight excluding hydrogens is 334 g/mol. The molecular formula is C19H23N3O4. The molecule has 7 heteroatoms. The second-order valence-corrected chi connectivity index (χ2v) is 5.55. The van der Waals surface area contributed by atoms with Crippen LogP contribution in [0.25, 0.3) is 0 Å². The van der Waals surface area contributed by atoms with Gasteiger partial charge in [0.1, 0.15) is 0 Å². The molecule has 0 unspecified atom stereocenters. The number of amides is 2. The summed E-state index contributed by atoms with van der Waals surface area (Å²) in [5.74, 6) is 0.940. The molecule has 26 heavy (non-hydrogen) atoms. The van der Waals surface area contributed by atoms with E-state index in [9.17, 15) is 9.59 Å². The lowest BCUT2D eigenvalue weighted by Crippen LogP contribution is -2.16. The molecule has 2 amide bonds. The number of hydrogen-bond acceptors (Lipinski definition) is 5. The van der Waals surface area contributed by atoms with Gasteiger partial charge in [0, 0.05) is 43.0 Å². The number of anilines is 3. The van der Waals surface area contributed by atoms with Crippen LogP contribution in [0.3, 0.4) is 0 Å². The zero-order chi connectivity index (χ0) is 18.9. The first kappa shape index (κ1) is 19.1. The Morgan fingerprint density at radius 3 is 2.08 bits per heavy atom. The highest BCUT2D eigenvalue weighted by Gasteiger charge is 2.07. The van der Waals surface area contributed by atoms with Gasteiger partial charge in [-0.05, 0) is 36.4 Å². The predicted molar refractivity (Wildman–Crippen MR) is 102 cm³/mol. The minimum Gasteiger partial charge on any atom is -0.493 e. The van der Waals surface area contributed by atoms with Crippen molar-refractivity contribution in [1.29, 1.82) is 0 Å². The number of carbonyl (C=O) groups is 2. The van der Waals surface area contributed by atoms with Crippen molar-refractivity contribution in [2.45, 2.75) is 13.3 Å². The van der Waals surface area contributed by atoms with Crippen LogP contribution in [0.5, 0.6) is 11.5 Å². The first-order chi connectivity index (χ1) is 12.5. The minimum atomic E-state index is -0.113. The maximum atomic E-state index is 12.1. The van der Waals surface area contributed by atoms with Crippen molar-refractivity contribution in [3.05, 3.63) is 42.5 Å². The molecule has 0 spiro atoms. The Hall–Kier alpha value is -3.22. The van der Waals surface area contributed by atoms with Crippen molar-refractivity contribution < 1.29 is 19.1 Å². The van der Waals surface area contributed by atoms with Gasteiger partial charge in [-0.2, -0.15) is 0 Å². The summed E-state index contributed by atoms with van der Waals surface area (Å²) in [6.07, 6.45) is 0.307. The molecule has 0 aromatic heterocycles. The van der Waals surface area contributed by atoms with E-state index < -0.39 is 0 Å². The Bertz CT molecular complexity index is 760. The summed E-state index contributed by atoms with van der Waals surface area (Å²) in [6.45, 7) is 1.95. The number of ether oxygens (including phenoxy) is 2. The van der Waals surface area contributed by atoms with E-state index in [1.807, 2.05) is 12.1 Å². The van der Waals surface area contributed by atoms with Crippen molar-refractivity contribution in [3.8, 4) is 11.5 Å². The standard InChI is InChI=1S/C19H23N3O4/c1-13(23)21-15-6-4-14(5-7-15)20-11-10-19(24)22-16-8-9-17(25-2)18(12-16)26-3/h4-9,12,20H,10-11H2,1-3H3,(H,21,23)(H,22,24). The Kier molecular flexibility index (Phi) is 6.84. The van der Waals surface area contributed by atoms with Gasteiger partial charge in [0.2, 0.25) is 11.8 Å². The summed E-state index contributed by atoms with van der Waals surface area (Å²) in [6, 6.07) is 12.5.